The second kappa shape index (κ2) is 4.01. The maximum atomic E-state index is 5.45. The molecule has 0 radical (unpaired) electrons. The number of anilines is 1. The van der Waals surface area contributed by atoms with Gasteiger partial charge in [-0.3, -0.25) is 5.01 Å². The highest BCUT2D eigenvalue weighted by molar-refractivity contribution is 5.88. The molecule has 0 saturated heterocycles. The number of hydrazone groups is 1. The molecule has 0 aliphatic carbocycles. The van der Waals surface area contributed by atoms with Crippen LogP contribution in [0.2, 0.25) is 0 Å². The van der Waals surface area contributed by atoms with E-state index in [2.05, 4.69) is 69.0 Å². The van der Waals surface area contributed by atoms with E-state index in [0.29, 0.717) is 0 Å². The molecule has 0 aromatic heterocycles. The summed E-state index contributed by atoms with van der Waals surface area (Å²) in [6.45, 7) is 10.8. The zero-order chi connectivity index (χ0) is 13.6. The zero-order valence-electron chi connectivity index (χ0n) is 12.1. The van der Waals surface area contributed by atoms with Crippen molar-refractivity contribution >= 4 is 11.6 Å². The molecule has 1 heterocycles. The van der Waals surface area contributed by atoms with Gasteiger partial charge in [-0.05, 0) is 52.3 Å². The number of benzene rings is 1. The lowest BCUT2D eigenvalue weighted by atomic mass is 9.75. The molecule has 1 aromatic rings. The molecule has 3 heteroatoms. The Hall–Kier alpha value is -1.51. The van der Waals surface area contributed by atoms with E-state index in [1.165, 1.54) is 5.56 Å². The second-order valence-electron chi connectivity index (χ2n) is 5.94. The third kappa shape index (κ3) is 1.69. The molecule has 0 atom stereocenters. The maximum absolute atomic E-state index is 5.45. The van der Waals surface area contributed by atoms with Crippen LogP contribution in [0.3, 0.4) is 0 Å². The summed E-state index contributed by atoms with van der Waals surface area (Å²) in [6.07, 6.45) is 0. The summed E-state index contributed by atoms with van der Waals surface area (Å²) in [5, 5.41) is 6.72. The second-order valence-corrected chi connectivity index (χ2v) is 5.94. The van der Waals surface area contributed by atoms with Crippen molar-refractivity contribution in [3.8, 4) is 0 Å². The Morgan fingerprint density at radius 2 is 1.83 bits per heavy atom. The van der Waals surface area contributed by atoms with Crippen LogP contribution in [0, 0.1) is 12.3 Å². The van der Waals surface area contributed by atoms with Crippen LogP contribution < -0.4 is 5.01 Å². The number of nitrogens with zero attached hydrogens (tertiary/aromatic N) is 2. The molecule has 0 unspecified atom stereocenters. The Morgan fingerprint density at radius 3 is 2.33 bits per heavy atom. The minimum Gasteiger partial charge on any atom is -0.483 e. The smallest absolute Gasteiger partial charge is 0.214 e. The molecule has 0 bridgehead atoms. The molecule has 98 valence electrons. The van der Waals surface area contributed by atoms with Crippen LogP contribution in [0.15, 0.2) is 29.4 Å². The highest BCUT2D eigenvalue weighted by atomic mass is 16.5. The quantitative estimate of drug-likeness (QED) is 0.756. The predicted octanol–water partition coefficient (Wildman–Crippen LogP) is 3.58. The van der Waals surface area contributed by atoms with Crippen molar-refractivity contribution in [1.29, 1.82) is 0 Å². The molecule has 0 fully saturated rings. The first-order valence-corrected chi connectivity index (χ1v) is 6.30. The molecule has 2 rings (SSSR count). The van der Waals surface area contributed by atoms with Gasteiger partial charge in [-0.1, -0.05) is 12.1 Å². The highest BCUT2D eigenvalue weighted by Crippen LogP contribution is 2.45. The van der Waals surface area contributed by atoms with Gasteiger partial charge in [-0.15, -0.1) is 5.10 Å². The summed E-state index contributed by atoms with van der Waals surface area (Å²) in [4.78, 5) is 0. The summed E-state index contributed by atoms with van der Waals surface area (Å²) < 4.78 is 5.45. The third-order valence-corrected chi connectivity index (χ3v) is 4.22. The average molecular weight is 246 g/mol. The van der Waals surface area contributed by atoms with Crippen LogP contribution in [0.1, 0.15) is 33.3 Å². The van der Waals surface area contributed by atoms with Gasteiger partial charge in [0.1, 0.15) is 0 Å². The van der Waals surface area contributed by atoms with Gasteiger partial charge in [0.15, 0.2) is 0 Å². The fraction of sp³-hybridized carbons (Fsp3) is 0.533. The Bertz CT molecular complexity index is 489. The topological polar surface area (TPSA) is 24.8 Å². The average Bonchev–Trinajstić information content (AvgIpc) is 2.46. The van der Waals surface area contributed by atoms with Gasteiger partial charge in [-0.25, -0.2) is 0 Å². The summed E-state index contributed by atoms with van der Waals surface area (Å²) >= 11 is 0. The normalized spacial score (nSPS) is 20.8. The largest absolute Gasteiger partial charge is 0.483 e. The predicted molar refractivity (Wildman–Crippen MR) is 76.0 cm³/mol. The molecule has 0 N–H and O–H groups in total. The molecule has 0 amide bonds. The fourth-order valence-corrected chi connectivity index (χ4v) is 2.30. The Kier molecular flexibility index (Phi) is 2.88. The van der Waals surface area contributed by atoms with E-state index >= 15 is 0 Å². The van der Waals surface area contributed by atoms with Gasteiger partial charge in [0.05, 0.1) is 23.8 Å². The van der Waals surface area contributed by atoms with Crippen LogP contribution in [0.25, 0.3) is 0 Å². The van der Waals surface area contributed by atoms with E-state index in [9.17, 15) is 0 Å². The van der Waals surface area contributed by atoms with E-state index < -0.39 is 0 Å². The molecule has 1 aliphatic heterocycles. The third-order valence-electron chi connectivity index (χ3n) is 4.22. The SMILES string of the molecule is COC1=NN(c2cccc(C)c2)C(C)(C)C1(C)C. The summed E-state index contributed by atoms with van der Waals surface area (Å²) in [5.41, 5.74) is 2.11. The molecule has 0 spiro atoms. The molecule has 1 aromatic carbocycles. The molecule has 0 saturated carbocycles. The molecule has 3 nitrogen and oxygen atoms in total. The number of hydrogen-bond acceptors (Lipinski definition) is 3. The minimum atomic E-state index is -0.120. The van der Waals surface area contributed by atoms with Gasteiger partial charge in [-0.2, -0.15) is 0 Å². The standard InChI is InChI=1S/C15H22N2O/c1-11-8-7-9-12(10-11)17-15(4,5)14(2,3)13(16-17)18-6/h7-10H,1-6H3. The number of methoxy groups -OCH3 is 1. The highest BCUT2D eigenvalue weighted by Gasteiger charge is 2.52. The fourth-order valence-electron chi connectivity index (χ4n) is 2.30. The lowest BCUT2D eigenvalue weighted by Crippen LogP contribution is -2.49. The minimum absolute atomic E-state index is 0.119. The Labute approximate surface area is 109 Å². The summed E-state index contributed by atoms with van der Waals surface area (Å²) in [5.74, 6) is 0.786. The van der Waals surface area contributed by atoms with Crippen LogP contribution >= 0.6 is 0 Å². The van der Waals surface area contributed by atoms with Crippen molar-refractivity contribution in [2.75, 3.05) is 12.1 Å². The van der Waals surface area contributed by atoms with Crippen LogP contribution in [0.5, 0.6) is 0 Å². The molecular formula is C15H22N2O. The molecule has 18 heavy (non-hydrogen) atoms. The van der Waals surface area contributed by atoms with E-state index in [1.54, 1.807) is 7.11 Å². The first-order valence-electron chi connectivity index (χ1n) is 6.30. The molecule has 1 aliphatic rings. The van der Waals surface area contributed by atoms with E-state index in [0.717, 1.165) is 11.6 Å². The first-order chi connectivity index (χ1) is 8.30. The lowest BCUT2D eigenvalue weighted by Gasteiger charge is -2.40. The van der Waals surface area contributed by atoms with Crippen molar-refractivity contribution in [2.24, 2.45) is 10.5 Å². The van der Waals surface area contributed by atoms with E-state index in [1.807, 2.05) is 0 Å². The van der Waals surface area contributed by atoms with Crippen LogP contribution in [0.4, 0.5) is 5.69 Å². The Morgan fingerprint density at radius 1 is 1.17 bits per heavy atom. The van der Waals surface area contributed by atoms with Gasteiger partial charge < -0.3 is 4.74 Å². The number of ether oxygens (including phenoxy) is 1. The number of hydrogen-bond donors (Lipinski definition) is 0. The summed E-state index contributed by atoms with van der Waals surface area (Å²) in [6, 6.07) is 8.40. The Balaban J connectivity index is 2.49. The van der Waals surface area contributed by atoms with Crippen molar-refractivity contribution in [3.05, 3.63) is 29.8 Å². The first kappa shape index (κ1) is 12.9. The zero-order valence-corrected chi connectivity index (χ0v) is 12.1. The van der Waals surface area contributed by atoms with Gasteiger partial charge in [0.25, 0.3) is 0 Å². The van der Waals surface area contributed by atoms with Crippen LogP contribution in [-0.2, 0) is 4.74 Å². The monoisotopic (exact) mass is 246 g/mol. The summed E-state index contributed by atoms with van der Waals surface area (Å²) in [7, 11) is 1.69. The van der Waals surface area contributed by atoms with Crippen molar-refractivity contribution < 1.29 is 4.74 Å². The van der Waals surface area contributed by atoms with Crippen LogP contribution in [-0.4, -0.2) is 18.5 Å². The van der Waals surface area contributed by atoms with Gasteiger partial charge in [0.2, 0.25) is 5.90 Å². The van der Waals surface area contributed by atoms with E-state index in [-0.39, 0.29) is 11.0 Å². The maximum Gasteiger partial charge on any atom is 0.214 e. The van der Waals surface area contributed by atoms with E-state index in [4.69, 9.17) is 4.74 Å². The number of aryl methyl sites for hydroxylation is 1. The molecular weight excluding hydrogens is 224 g/mol. The van der Waals surface area contributed by atoms with Crippen molar-refractivity contribution in [2.45, 2.75) is 40.2 Å². The van der Waals surface area contributed by atoms with Crippen molar-refractivity contribution in [1.82, 2.24) is 0 Å². The van der Waals surface area contributed by atoms with Gasteiger partial charge in [0, 0.05) is 0 Å². The van der Waals surface area contributed by atoms with Gasteiger partial charge >= 0.3 is 0 Å². The lowest BCUT2D eigenvalue weighted by molar-refractivity contribution is 0.255. The van der Waals surface area contributed by atoms with Crippen molar-refractivity contribution in [3.63, 3.8) is 0 Å². The number of rotatable bonds is 1.